The van der Waals surface area contributed by atoms with Crippen LogP contribution in [0.1, 0.15) is 80.1 Å². The summed E-state index contributed by atoms with van der Waals surface area (Å²) in [4.78, 5) is 0. The summed E-state index contributed by atoms with van der Waals surface area (Å²) < 4.78 is 23.1. The van der Waals surface area contributed by atoms with Gasteiger partial charge in [-0.05, 0) is 80.1 Å². The molecule has 0 atom stereocenters. The van der Waals surface area contributed by atoms with E-state index in [0.717, 1.165) is 58.5 Å². The van der Waals surface area contributed by atoms with E-state index in [0.29, 0.717) is 12.2 Å². The van der Waals surface area contributed by atoms with Gasteiger partial charge in [-0.15, -0.1) is 0 Å². The van der Waals surface area contributed by atoms with Crippen LogP contribution in [-0.2, 0) is 18.9 Å². The molecule has 0 spiro atoms. The molecular weight excluding hydrogens is 304 g/mol. The zero-order valence-corrected chi connectivity index (χ0v) is 16.9. The molecule has 4 nitrogen and oxygen atoms in total. The van der Waals surface area contributed by atoms with Gasteiger partial charge in [0.2, 0.25) is 0 Å². The molecule has 0 radical (unpaired) electrons. The molecule has 1 aliphatic carbocycles. The largest absolute Gasteiger partial charge is 0.381 e. The van der Waals surface area contributed by atoms with Crippen LogP contribution in [0.4, 0.5) is 0 Å². The fourth-order valence-corrected chi connectivity index (χ4v) is 2.62. The minimum Gasteiger partial charge on any atom is -0.381 e. The monoisotopic (exact) mass is 344 g/mol. The smallest absolute Gasteiger partial charge is 0.0631 e. The molecule has 0 unspecified atom stereocenters. The number of ether oxygens (including phenoxy) is 4. The van der Waals surface area contributed by atoms with E-state index in [4.69, 9.17) is 18.9 Å². The quantitative estimate of drug-likeness (QED) is 0.479. The van der Waals surface area contributed by atoms with E-state index < -0.39 is 0 Å². The molecule has 1 rings (SSSR count). The van der Waals surface area contributed by atoms with Crippen LogP contribution in [0.25, 0.3) is 0 Å². The maximum absolute atomic E-state index is 5.92. The molecule has 1 aliphatic rings. The first-order valence-electron chi connectivity index (χ1n) is 9.67. The van der Waals surface area contributed by atoms with Gasteiger partial charge >= 0.3 is 0 Å². The number of unbranched alkanes of at least 4 members (excludes halogenated alkanes) is 2. The lowest BCUT2D eigenvalue weighted by atomic mass is 9.91. The van der Waals surface area contributed by atoms with Gasteiger partial charge in [0.05, 0.1) is 23.4 Å². The predicted molar refractivity (Wildman–Crippen MR) is 98.6 cm³/mol. The van der Waals surface area contributed by atoms with Gasteiger partial charge in [-0.25, -0.2) is 0 Å². The highest BCUT2D eigenvalue weighted by Crippen LogP contribution is 2.30. The van der Waals surface area contributed by atoms with E-state index in [1.807, 2.05) is 0 Å². The van der Waals surface area contributed by atoms with E-state index in [1.165, 1.54) is 6.42 Å². The fraction of sp³-hybridized carbons (Fsp3) is 1.00. The van der Waals surface area contributed by atoms with Crippen molar-refractivity contribution in [3.05, 3.63) is 0 Å². The maximum Gasteiger partial charge on any atom is 0.0631 e. The van der Waals surface area contributed by atoms with Crippen LogP contribution in [0.3, 0.4) is 0 Å². The first-order valence-corrected chi connectivity index (χ1v) is 9.67. The number of hydrogen-bond acceptors (Lipinski definition) is 4. The van der Waals surface area contributed by atoms with E-state index >= 15 is 0 Å². The van der Waals surface area contributed by atoms with Crippen LogP contribution in [-0.4, -0.2) is 49.8 Å². The van der Waals surface area contributed by atoms with E-state index in [9.17, 15) is 0 Å². The summed E-state index contributed by atoms with van der Waals surface area (Å²) in [6, 6.07) is 0. The Labute approximate surface area is 149 Å². The second kappa shape index (κ2) is 10.7. The van der Waals surface area contributed by atoms with Crippen molar-refractivity contribution in [3.63, 3.8) is 0 Å². The molecule has 0 amide bonds. The van der Waals surface area contributed by atoms with Gasteiger partial charge in [0.25, 0.3) is 0 Å². The molecule has 1 fully saturated rings. The lowest BCUT2D eigenvalue weighted by molar-refractivity contribution is -0.148. The van der Waals surface area contributed by atoms with Crippen molar-refractivity contribution in [2.45, 2.75) is 103 Å². The van der Waals surface area contributed by atoms with E-state index in [1.54, 1.807) is 0 Å². The zero-order chi connectivity index (χ0) is 18.1. The molecule has 0 bridgehead atoms. The molecule has 0 saturated heterocycles. The Morgan fingerprint density at radius 3 is 1.92 bits per heavy atom. The second-order valence-corrected chi connectivity index (χ2v) is 8.80. The third kappa shape index (κ3) is 12.2. The summed E-state index contributed by atoms with van der Waals surface area (Å²) >= 11 is 0. The Morgan fingerprint density at radius 2 is 1.29 bits per heavy atom. The van der Waals surface area contributed by atoms with Gasteiger partial charge in [0.15, 0.2) is 0 Å². The fourth-order valence-electron chi connectivity index (χ4n) is 2.62. The molecule has 0 aromatic carbocycles. The van der Waals surface area contributed by atoms with Crippen LogP contribution in [0.15, 0.2) is 0 Å². The summed E-state index contributed by atoms with van der Waals surface area (Å²) in [5.41, 5.74) is -0.0756. The van der Waals surface area contributed by atoms with Gasteiger partial charge in [-0.3, -0.25) is 0 Å². The van der Waals surface area contributed by atoms with Gasteiger partial charge in [0, 0.05) is 26.4 Å². The molecule has 0 aromatic heterocycles. The molecular formula is C20H40O4. The minimum absolute atomic E-state index is 0.0332. The van der Waals surface area contributed by atoms with Crippen LogP contribution >= 0.6 is 0 Å². The number of hydrogen-bond donors (Lipinski definition) is 0. The summed E-state index contributed by atoms with van der Waals surface area (Å²) in [5, 5.41) is 0. The predicted octanol–water partition coefficient (Wildman–Crippen LogP) is 4.74. The van der Waals surface area contributed by atoms with Crippen molar-refractivity contribution in [2.75, 3.05) is 26.4 Å². The third-order valence-corrected chi connectivity index (χ3v) is 3.83. The topological polar surface area (TPSA) is 36.9 Å². The summed E-state index contributed by atoms with van der Waals surface area (Å²) in [5.74, 6) is 0. The van der Waals surface area contributed by atoms with Crippen molar-refractivity contribution >= 4 is 0 Å². The lowest BCUT2D eigenvalue weighted by Crippen LogP contribution is -2.41. The van der Waals surface area contributed by atoms with Gasteiger partial charge < -0.3 is 18.9 Å². The standard InChI is InChI=1S/C20H40O4/c1-19(2,3)23-14-10-12-21-11-8-7-9-13-22-17-15-18(16-17)24-20(4,5)6/h17-18H,7-16H2,1-6H3. The zero-order valence-electron chi connectivity index (χ0n) is 16.9. The van der Waals surface area contributed by atoms with Crippen LogP contribution in [0.2, 0.25) is 0 Å². The van der Waals surface area contributed by atoms with Crippen molar-refractivity contribution in [1.82, 2.24) is 0 Å². The van der Waals surface area contributed by atoms with Crippen LogP contribution in [0, 0.1) is 0 Å². The molecule has 24 heavy (non-hydrogen) atoms. The van der Waals surface area contributed by atoms with E-state index in [-0.39, 0.29) is 11.2 Å². The highest BCUT2D eigenvalue weighted by atomic mass is 16.5. The van der Waals surface area contributed by atoms with Crippen LogP contribution < -0.4 is 0 Å². The van der Waals surface area contributed by atoms with Gasteiger partial charge in [-0.1, -0.05) is 0 Å². The Kier molecular flexibility index (Phi) is 9.80. The molecule has 0 N–H and O–H groups in total. The number of rotatable bonds is 12. The molecule has 144 valence electrons. The van der Waals surface area contributed by atoms with Gasteiger partial charge in [0.1, 0.15) is 0 Å². The summed E-state index contributed by atoms with van der Waals surface area (Å²) in [7, 11) is 0. The Bertz CT molecular complexity index is 311. The highest BCUT2D eigenvalue weighted by molar-refractivity contribution is 4.83. The summed E-state index contributed by atoms with van der Waals surface area (Å²) in [6.07, 6.45) is 7.30. The third-order valence-electron chi connectivity index (χ3n) is 3.83. The second-order valence-electron chi connectivity index (χ2n) is 8.80. The first-order chi connectivity index (χ1) is 11.2. The Morgan fingerprint density at radius 1 is 0.667 bits per heavy atom. The minimum atomic E-state index is -0.0423. The molecule has 0 aromatic rings. The first kappa shape index (κ1) is 21.9. The maximum atomic E-state index is 5.92. The Hall–Kier alpha value is -0.160. The molecule has 1 saturated carbocycles. The van der Waals surface area contributed by atoms with Crippen LogP contribution in [0.5, 0.6) is 0 Å². The van der Waals surface area contributed by atoms with Crippen molar-refractivity contribution in [3.8, 4) is 0 Å². The van der Waals surface area contributed by atoms with Crippen molar-refractivity contribution < 1.29 is 18.9 Å². The lowest BCUT2D eigenvalue weighted by Gasteiger charge is -2.39. The van der Waals surface area contributed by atoms with Crippen molar-refractivity contribution in [1.29, 1.82) is 0 Å². The van der Waals surface area contributed by atoms with Crippen molar-refractivity contribution in [2.24, 2.45) is 0 Å². The van der Waals surface area contributed by atoms with E-state index in [2.05, 4.69) is 41.5 Å². The molecule has 4 heteroatoms. The summed E-state index contributed by atoms with van der Waals surface area (Å²) in [6.45, 7) is 15.9. The average Bonchev–Trinajstić information content (AvgIpc) is 2.39. The van der Waals surface area contributed by atoms with Gasteiger partial charge in [-0.2, -0.15) is 0 Å². The SMILES string of the molecule is CC(C)(C)OCCCOCCCCCOC1CC(OC(C)(C)C)C1. The molecule has 0 heterocycles. The average molecular weight is 345 g/mol. The normalized spacial score (nSPS) is 21.8. The molecule has 0 aliphatic heterocycles. The highest BCUT2D eigenvalue weighted by Gasteiger charge is 2.33. The Balaban J connectivity index is 1.78.